The Morgan fingerprint density at radius 2 is 2.23 bits per heavy atom. The summed E-state index contributed by atoms with van der Waals surface area (Å²) in [6, 6.07) is 10.9. The highest BCUT2D eigenvalue weighted by atomic mass is 32.1. The minimum absolute atomic E-state index is 0.155. The van der Waals surface area contributed by atoms with Crippen molar-refractivity contribution in [3.8, 4) is 0 Å². The number of benzene rings is 1. The van der Waals surface area contributed by atoms with Gasteiger partial charge in [-0.15, -0.1) is 11.3 Å². The molecule has 0 spiro atoms. The number of hydrogen-bond donors (Lipinski definition) is 4. The number of amides is 1. The topological polar surface area (TPSA) is 81.6 Å². The van der Waals surface area contributed by atoms with E-state index in [0.29, 0.717) is 6.42 Å². The van der Waals surface area contributed by atoms with Gasteiger partial charge in [-0.2, -0.15) is 0 Å². The number of hydroxylamine groups is 1. The maximum atomic E-state index is 11.1. The SMILES string of the molecule is Cc1ccc(C(CCO)NC2CCc3cc(/C=C/C(=O)NO)ccc32)s1. The molecule has 4 N–H and O–H groups in total. The fourth-order valence-corrected chi connectivity index (χ4v) is 4.42. The van der Waals surface area contributed by atoms with E-state index in [2.05, 4.69) is 36.5 Å². The highest BCUT2D eigenvalue weighted by Crippen LogP contribution is 2.35. The average molecular weight is 372 g/mol. The van der Waals surface area contributed by atoms with Gasteiger partial charge < -0.3 is 10.4 Å². The van der Waals surface area contributed by atoms with Crippen LogP contribution < -0.4 is 10.8 Å². The fraction of sp³-hybridized carbons (Fsp3) is 0.350. The lowest BCUT2D eigenvalue weighted by Gasteiger charge is -2.22. The lowest BCUT2D eigenvalue weighted by Crippen LogP contribution is -2.25. The third-order valence-corrected chi connectivity index (χ3v) is 5.82. The molecule has 3 rings (SSSR count). The molecule has 138 valence electrons. The number of aryl methyl sites for hydroxylation is 2. The van der Waals surface area contributed by atoms with Crippen LogP contribution in [0, 0.1) is 6.92 Å². The minimum atomic E-state index is -0.539. The predicted octanol–water partition coefficient (Wildman–Crippen LogP) is 3.28. The molecule has 26 heavy (non-hydrogen) atoms. The lowest BCUT2D eigenvalue weighted by molar-refractivity contribution is -0.124. The second-order valence-electron chi connectivity index (χ2n) is 6.54. The Bertz CT molecular complexity index is 800. The Labute approximate surface area is 157 Å². The van der Waals surface area contributed by atoms with E-state index in [9.17, 15) is 9.90 Å². The van der Waals surface area contributed by atoms with Crippen LogP contribution in [0.25, 0.3) is 6.08 Å². The quantitative estimate of drug-likeness (QED) is 0.342. The molecule has 6 heteroatoms. The first kappa shape index (κ1) is 18.8. The Morgan fingerprint density at radius 1 is 1.38 bits per heavy atom. The molecule has 0 radical (unpaired) electrons. The van der Waals surface area contributed by atoms with Crippen LogP contribution in [0.5, 0.6) is 0 Å². The summed E-state index contributed by atoms with van der Waals surface area (Å²) in [5, 5.41) is 21.7. The number of carbonyl (C=O) groups excluding carboxylic acids is 1. The lowest BCUT2D eigenvalue weighted by atomic mass is 10.0. The first-order valence-corrected chi connectivity index (χ1v) is 9.60. The molecule has 0 bridgehead atoms. The van der Waals surface area contributed by atoms with Gasteiger partial charge in [-0.05, 0) is 61.1 Å². The zero-order valence-corrected chi connectivity index (χ0v) is 15.6. The highest BCUT2D eigenvalue weighted by Gasteiger charge is 2.25. The van der Waals surface area contributed by atoms with E-state index in [4.69, 9.17) is 5.21 Å². The van der Waals surface area contributed by atoms with Gasteiger partial charge in [0.2, 0.25) is 0 Å². The number of carbonyl (C=O) groups is 1. The van der Waals surface area contributed by atoms with E-state index in [1.165, 1.54) is 27.0 Å². The van der Waals surface area contributed by atoms with E-state index in [1.807, 2.05) is 6.07 Å². The van der Waals surface area contributed by atoms with Gasteiger partial charge in [0.05, 0.1) is 0 Å². The normalized spacial score (nSPS) is 17.4. The maximum Gasteiger partial charge on any atom is 0.267 e. The van der Waals surface area contributed by atoms with Crippen LogP contribution in [0.1, 0.15) is 51.4 Å². The molecular weight excluding hydrogens is 348 g/mol. The van der Waals surface area contributed by atoms with Gasteiger partial charge in [-0.1, -0.05) is 18.2 Å². The van der Waals surface area contributed by atoms with Crippen molar-refractivity contribution in [3.05, 3.63) is 62.9 Å². The Kier molecular flexibility index (Phi) is 6.21. The van der Waals surface area contributed by atoms with E-state index >= 15 is 0 Å². The molecule has 0 saturated heterocycles. The van der Waals surface area contributed by atoms with Gasteiger partial charge >= 0.3 is 0 Å². The van der Waals surface area contributed by atoms with Crippen molar-refractivity contribution < 1.29 is 15.1 Å². The molecule has 0 fully saturated rings. The summed E-state index contributed by atoms with van der Waals surface area (Å²) in [4.78, 5) is 13.7. The summed E-state index contributed by atoms with van der Waals surface area (Å²) >= 11 is 1.77. The Hall–Kier alpha value is -1.99. The molecule has 5 nitrogen and oxygen atoms in total. The van der Waals surface area contributed by atoms with E-state index < -0.39 is 5.91 Å². The molecule has 1 amide bonds. The molecule has 2 aromatic rings. The number of hydrogen-bond acceptors (Lipinski definition) is 5. The van der Waals surface area contributed by atoms with Crippen molar-refractivity contribution >= 4 is 23.3 Å². The second-order valence-corrected chi connectivity index (χ2v) is 7.86. The number of fused-ring (bicyclic) bond motifs is 1. The van der Waals surface area contributed by atoms with Crippen LogP contribution in [0.15, 0.2) is 36.4 Å². The van der Waals surface area contributed by atoms with Crippen molar-refractivity contribution in [2.24, 2.45) is 0 Å². The van der Waals surface area contributed by atoms with Gasteiger partial charge in [-0.25, -0.2) is 5.48 Å². The molecule has 1 heterocycles. The molecular formula is C20H24N2O3S. The van der Waals surface area contributed by atoms with Crippen LogP contribution >= 0.6 is 11.3 Å². The van der Waals surface area contributed by atoms with Gasteiger partial charge in [-0.3, -0.25) is 10.0 Å². The highest BCUT2D eigenvalue weighted by molar-refractivity contribution is 7.12. The zero-order chi connectivity index (χ0) is 18.5. The second kappa shape index (κ2) is 8.60. The third-order valence-electron chi connectivity index (χ3n) is 4.71. The summed E-state index contributed by atoms with van der Waals surface area (Å²) in [5.74, 6) is -0.539. The number of aliphatic hydroxyl groups is 1. The van der Waals surface area contributed by atoms with Crippen LogP contribution in [0.2, 0.25) is 0 Å². The van der Waals surface area contributed by atoms with Crippen LogP contribution in [0.3, 0.4) is 0 Å². The summed E-state index contributed by atoms with van der Waals surface area (Å²) in [6.07, 6.45) is 5.70. The first-order chi connectivity index (χ1) is 12.6. The average Bonchev–Trinajstić information content (AvgIpc) is 3.25. The zero-order valence-electron chi connectivity index (χ0n) is 14.7. The van der Waals surface area contributed by atoms with Crippen LogP contribution in [-0.4, -0.2) is 22.8 Å². The van der Waals surface area contributed by atoms with Crippen LogP contribution in [-0.2, 0) is 11.2 Å². The molecule has 1 aliphatic carbocycles. The predicted molar refractivity (Wildman–Crippen MR) is 103 cm³/mol. The summed E-state index contributed by atoms with van der Waals surface area (Å²) in [7, 11) is 0. The van der Waals surface area contributed by atoms with Gasteiger partial charge in [0.1, 0.15) is 0 Å². The molecule has 0 aliphatic heterocycles. The smallest absolute Gasteiger partial charge is 0.267 e. The fourth-order valence-electron chi connectivity index (χ4n) is 3.44. The third kappa shape index (κ3) is 4.40. The van der Waals surface area contributed by atoms with Crippen molar-refractivity contribution in [1.82, 2.24) is 10.8 Å². The summed E-state index contributed by atoms with van der Waals surface area (Å²) in [6.45, 7) is 2.26. The number of nitrogens with one attached hydrogen (secondary N) is 2. The minimum Gasteiger partial charge on any atom is -0.396 e. The molecule has 2 unspecified atom stereocenters. The van der Waals surface area contributed by atoms with E-state index in [0.717, 1.165) is 18.4 Å². The number of rotatable bonds is 7. The Balaban J connectivity index is 1.74. The standard InChI is InChI=1S/C20H24N2O3S/c1-13-2-8-19(26-13)18(10-11-23)21-17-7-5-15-12-14(3-6-16(15)17)4-9-20(24)22-25/h2-4,6,8-9,12,17-18,21,23,25H,5,7,10-11H2,1H3,(H,22,24)/b9-4+. The monoisotopic (exact) mass is 372 g/mol. The molecule has 1 aromatic carbocycles. The number of aliphatic hydroxyl groups excluding tert-OH is 1. The van der Waals surface area contributed by atoms with Crippen molar-refractivity contribution in [1.29, 1.82) is 0 Å². The molecule has 2 atom stereocenters. The van der Waals surface area contributed by atoms with Gasteiger partial charge in [0.25, 0.3) is 5.91 Å². The van der Waals surface area contributed by atoms with Crippen LogP contribution in [0.4, 0.5) is 0 Å². The largest absolute Gasteiger partial charge is 0.396 e. The van der Waals surface area contributed by atoms with Gasteiger partial charge in [0, 0.05) is 34.5 Å². The summed E-state index contributed by atoms with van der Waals surface area (Å²) in [5.41, 5.74) is 5.09. The van der Waals surface area contributed by atoms with Crippen molar-refractivity contribution in [2.45, 2.75) is 38.3 Å². The van der Waals surface area contributed by atoms with Crippen molar-refractivity contribution in [2.75, 3.05) is 6.61 Å². The van der Waals surface area contributed by atoms with E-state index in [-0.39, 0.29) is 18.7 Å². The number of thiophene rings is 1. The van der Waals surface area contributed by atoms with Gasteiger partial charge in [0.15, 0.2) is 0 Å². The van der Waals surface area contributed by atoms with Crippen molar-refractivity contribution in [3.63, 3.8) is 0 Å². The van der Waals surface area contributed by atoms with E-state index in [1.54, 1.807) is 22.9 Å². The molecule has 0 saturated carbocycles. The molecule has 1 aromatic heterocycles. The summed E-state index contributed by atoms with van der Waals surface area (Å²) < 4.78 is 0. The first-order valence-electron chi connectivity index (χ1n) is 8.79. The molecule has 1 aliphatic rings. The Morgan fingerprint density at radius 3 is 2.92 bits per heavy atom. The maximum absolute atomic E-state index is 11.1.